The second-order valence-corrected chi connectivity index (χ2v) is 7.40. The predicted octanol–water partition coefficient (Wildman–Crippen LogP) is 4.29. The standard InChI is InChI=1S/C25H24N2O5/c1-15-7-5-6-8-18(15)16-9-10-20-19(11-16)26-23(28)14-27(20)25(29)17-12-21(30-2)24(32-4)22(13-17)31-3/h5-13H,14H2,1-4H3,(H,26,28). The molecule has 0 spiro atoms. The Balaban J connectivity index is 1.76. The first kappa shape index (κ1) is 21.2. The number of hydrogen-bond donors (Lipinski definition) is 1. The molecule has 0 fully saturated rings. The fourth-order valence-corrected chi connectivity index (χ4v) is 3.90. The maximum Gasteiger partial charge on any atom is 0.259 e. The van der Waals surface area contributed by atoms with Crippen LogP contribution >= 0.6 is 0 Å². The summed E-state index contributed by atoms with van der Waals surface area (Å²) in [6, 6.07) is 16.9. The molecule has 0 radical (unpaired) electrons. The molecule has 0 aromatic heterocycles. The molecule has 0 atom stereocenters. The molecule has 2 amide bonds. The van der Waals surface area contributed by atoms with Crippen LogP contribution in [0.4, 0.5) is 11.4 Å². The number of nitrogens with zero attached hydrogens (tertiary/aromatic N) is 1. The number of rotatable bonds is 5. The largest absolute Gasteiger partial charge is 0.493 e. The zero-order chi connectivity index (χ0) is 22.8. The van der Waals surface area contributed by atoms with E-state index in [-0.39, 0.29) is 18.4 Å². The van der Waals surface area contributed by atoms with Crippen LogP contribution in [0.5, 0.6) is 17.2 Å². The molecule has 3 aromatic carbocycles. The highest BCUT2D eigenvalue weighted by Gasteiger charge is 2.29. The van der Waals surface area contributed by atoms with Crippen molar-refractivity contribution in [2.45, 2.75) is 6.92 Å². The van der Waals surface area contributed by atoms with Gasteiger partial charge in [0.1, 0.15) is 6.54 Å². The zero-order valence-corrected chi connectivity index (χ0v) is 18.4. The number of hydrogen-bond acceptors (Lipinski definition) is 5. The van der Waals surface area contributed by atoms with Crippen molar-refractivity contribution in [1.29, 1.82) is 0 Å². The van der Waals surface area contributed by atoms with Gasteiger partial charge >= 0.3 is 0 Å². The third kappa shape index (κ3) is 3.73. The van der Waals surface area contributed by atoms with Crippen LogP contribution in [0.3, 0.4) is 0 Å². The summed E-state index contributed by atoms with van der Waals surface area (Å²) in [6.07, 6.45) is 0. The van der Waals surface area contributed by atoms with E-state index in [0.29, 0.717) is 34.2 Å². The molecule has 7 nitrogen and oxygen atoms in total. The molecule has 0 saturated carbocycles. The number of carbonyl (C=O) groups is 2. The summed E-state index contributed by atoms with van der Waals surface area (Å²) in [5, 5.41) is 2.89. The van der Waals surface area contributed by atoms with E-state index in [1.54, 1.807) is 12.1 Å². The monoisotopic (exact) mass is 432 g/mol. The Morgan fingerprint density at radius 2 is 1.62 bits per heavy atom. The predicted molar refractivity (Wildman–Crippen MR) is 123 cm³/mol. The molecule has 0 aliphatic carbocycles. The van der Waals surface area contributed by atoms with E-state index in [9.17, 15) is 9.59 Å². The molecular weight excluding hydrogens is 408 g/mol. The fraction of sp³-hybridized carbons (Fsp3) is 0.200. The van der Waals surface area contributed by atoms with E-state index < -0.39 is 0 Å². The average Bonchev–Trinajstić information content (AvgIpc) is 2.81. The van der Waals surface area contributed by atoms with E-state index in [2.05, 4.69) is 5.32 Å². The van der Waals surface area contributed by atoms with E-state index >= 15 is 0 Å². The number of methoxy groups -OCH3 is 3. The summed E-state index contributed by atoms with van der Waals surface area (Å²) in [5.41, 5.74) is 4.69. The van der Waals surface area contributed by atoms with Gasteiger partial charge in [-0.25, -0.2) is 0 Å². The van der Waals surface area contributed by atoms with Gasteiger partial charge in [0, 0.05) is 5.56 Å². The van der Waals surface area contributed by atoms with Crippen LogP contribution in [0.1, 0.15) is 15.9 Å². The molecule has 1 heterocycles. The van der Waals surface area contributed by atoms with Crippen molar-refractivity contribution >= 4 is 23.2 Å². The number of benzene rings is 3. The van der Waals surface area contributed by atoms with E-state index in [1.807, 2.05) is 49.4 Å². The maximum absolute atomic E-state index is 13.4. The van der Waals surface area contributed by atoms with Crippen LogP contribution in [-0.4, -0.2) is 39.7 Å². The Morgan fingerprint density at radius 1 is 0.938 bits per heavy atom. The van der Waals surface area contributed by atoms with Crippen LogP contribution in [0.2, 0.25) is 0 Å². The Bertz CT molecular complexity index is 1180. The van der Waals surface area contributed by atoms with Gasteiger partial charge in [-0.2, -0.15) is 0 Å². The molecule has 3 aromatic rings. The quantitative estimate of drug-likeness (QED) is 0.651. The van der Waals surface area contributed by atoms with Crippen LogP contribution in [0.15, 0.2) is 54.6 Å². The van der Waals surface area contributed by atoms with Crippen molar-refractivity contribution in [1.82, 2.24) is 0 Å². The summed E-state index contributed by atoms with van der Waals surface area (Å²) in [6.45, 7) is 1.94. The maximum atomic E-state index is 13.4. The van der Waals surface area contributed by atoms with Crippen molar-refractivity contribution in [2.75, 3.05) is 38.1 Å². The lowest BCUT2D eigenvalue weighted by molar-refractivity contribution is -0.115. The molecule has 0 saturated heterocycles. The summed E-state index contributed by atoms with van der Waals surface area (Å²) >= 11 is 0. The summed E-state index contributed by atoms with van der Waals surface area (Å²) < 4.78 is 16.1. The summed E-state index contributed by atoms with van der Waals surface area (Å²) in [7, 11) is 4.48. The zero-order valence-electron chi connectivity index (χ0n) is 18.4. The number of fused-ring (bicyclic) bond motifs is 1. The van der Waals surface area contributed by atoms with Gasteiger partial charge in [-0.15, -0.1) is 0 Å². The van der Waals surface area contributed by atoms with Crippen molar-refractivity contribution in [3.05, 3.63) is 65.7 Å². The average molecular weight is 432 g/mol. The molecule has 1 aliphatic heterocycles. The van der Waals surface area contributed by atoms with E-state index in [1.165, 1.54) is 26.2 Å². The first-order valence-corrected chi connectivity index (χ1v) is 10.1. The number of anilines is 2. The van der Waals surface area contributed by atoms with Crippen LogP contribution in [0, 0.1) is 6.92 Å². The Hall–Kier alpha value is -4.00. The van der Waals surface area contributed by atoms with Gasteiger partial charge in [0.25, 0.3) is 5.91 Å². The van der Waals surface area contributed by atoms with Crippen LogP contribution < -0.4 is 24.4 Å². The second kappa shape index (κ2) is 8.63. The number of ether oxygens (including phenoxy) is 3. The highest BCUT2D eigenvalue weighted by Crippen LogP contribution is 2.40. The van der Waals surface area contributed by atoms with Gasteiger partial charge in [0.15, 0.2) is 11.5 Å². The molecule has 0 bridgehead atoms. The highest BCUT2D eigenvalue weighted by molar-refractivity contribution is 6.15. The Kier molecular flexibility index (Phi) is 5.73. The molecule has 1 aliphatic rings. The third-order valence-electron chi connectivity index (χ3n) is 5.48. The van der Waals surface area contributed by atoms with Crippen LogP contribution in [-0.2, 0) is 4.79 Å². The van der Waals surface area contributed by atoms with Gasteiger partial charge in [-0.05, 0) is 47.9 Å². The minimum absolute atomic E-state index is 0.0911. The normalized spacial score (nSPS) is 12.6. The number of nitrogens with one attached hydrogen (secondary N) is 1. The van der Waals surface area contributed by atoms with Gasteiger partial charge in [0.2, 0.25) is 11.7 Å². The molecule has 7 heteroatoms. The lowest BCUT2D eigenvalue weighted by Crippen LogP contribution is -2.42. The molecular formula is C25H24N2O5. The number of amides is 2. The fourth-order valence-electron chi connectivity index (χ4n) is 3.90. The smallest absolute Gasteiger partial charge is 0.259 e. The van der Waals surface area contributed by atoms with E-state index in [0.717, 1.165) is 16.7 Å². The Morgan fingerprint density at radius 3 is 2.25 bits per heavy atom. The molecule has 4 rings (SSSR count). The highest BCUT2D eigenvalue weighted by atomic mass is 16.5. The SMILES string of the molecule is COc1cc(C(=O)N2CC(=O)Nc3cc(-c4ccccc4C)ccc32)cc(OC)c1OC. The molecule has 32 heavy (non-hydrogen) atoms. The van der Waals surface area contributed by atoms with Gasteiger partial charge < -0.3 is 19.5 Å². The van der Waals surface area contributed by atoms with E-state index in [4.69, 9.17) is 14.2 Å². The van der Waals surface area contributed by atoms with Gasteiger partial charge in [-0.1, -0.05) is 30.3 Å². The summed E-state index contributed by atoms with van der Waals surface area (Å²) in [4.78, 5) is 27.4. The minimum atomic E-state index is -0.344. The topological polar surface area (TPSA) is 77.1 Å². The minimum Gasteiger partial charge on any atom is -0.493 e. The lowest BCUT2D eigenvalue weighted by atomic mass is 9.98. The van der Waals surface area contributed by atoms with Crippen molar-refractivity contribution in [3.8, 4) is 28.4 Å². The van der Waals surface area contributed by atoms with Crippen molar-refractivity contribution in [2.24, 2.45) is 0 Å². The number of aryl methyl sites for hydroxylation is 1. The van der Waals surface area contributed by atoms with Gasteiger partial charge in [-0.3, -0.25) is 14.5 Å². The van der Waals surface area contributed by atoms with Crippen LogP contribution in [0.25, 0.3) is 11.1 Å². The molecule has 0 unspecified atom stereocenters. The second-order valence-electron chi connectivity index (χ2n) is 7.40. The molecule has 164 valence electrons. The van der Waals surface area contributed by atoms with Crippen molar-refractivity contribution < 1.29 is 23.8 Å². The van der Waals surface area contributed by atoms with Crippen molar-refractivity contribution in [3.63, 3.8) is 0 Å². The first-order chi connectivity index (χ1) is 15.5. The lowest BCUT2D eigenvalue weighted by Gasteiger charge is -2.30. The third-order valence-corrected chi connectivity index (χ3v) is 5.48. The first-order valence-electron chi connectivity index (χ1n) is 10.1. The number of carbonyl (C=O) groups excluding carboxylic acids is 2. The molecule has 1 N–H and O–H groups in total. The Labute approximate surface area is 186 Å². The summed E-state index contributed by atoms with van der Waals surface area (Å²) in [5.74, 6) is 0.522. The van der Waals surface area contributed by atoms with Gasteiger partial charge in [0.05, 0.1) is 32.7 Å².